The first kappa shape index (κ1) is 15.5. The standard InChI is InChI=1S/C14H20N2O2S/c1-3-9-15-14(19)16-12-5-7-13(8-6-12)18-11-10-17-4-2/h3,5-8H,1,4,9-11H2,2H3,(H2,15,16,19). The molecule has 1 aromatic carbocycles. The second-order valence-electron chi connectivity index (χ2n) is 3.69. The van der Waals surface area contributed by atoms with Crippen molar-refractivity contribution in [2.75, 3.05) is 31.7 Å². The van der Waals surface area contributed by atoms with Gasteiger partial charge in [0.1, 0.15) is 12.4 Å². The van der Waals surface area contributed by atoms with Gasteiger partial charge in [-0.25, -0.2) is 0 Å². The van der Waals surface area contributed by atoms with Crippen LogP contribution in [0.1, 0.15) is 6.92 Å². The van der Waals surface area contributed by atoms with Crippen molar-refractivity contribution in [2.45, 2.75) is 6.92 Å². The van der Waals surface area contributed by atoms with Crippen LogP contribution in [-0.2, 0) is 4.74 Å². The van der Waals surface area contributed by atoms with Gasteiger partial charge in [0.15, 0.2) is 5.11 Å². The third-order valence-corrected chi connectivity index (χ3v) is 2.47. The van der Waals surface area contributed by atoms with Crippen molar-refractivity contribution in [1.82, 2.24) is 5.32 Å². The van der Waals surface area contributed by atoms with Crippen LogP contribution in [-0.4, -0.2) is 31.5 Å². The first-order chi connectivity index (χ1) is 9.26. The quantitative estimate of drug-likeness (QED) is 0.435. The van der Waals surface area contributed by atoms with Crippen molar-refractivity contribution in [1.29, 1.82) is 0 Å². The minimum Gasteiger partial charge on any atom is -0.491 e. The Balaban J connectivity index is 2.34. The lowest BCUT2D eigenvalue weighted by molar-refractivity contribution is 0.110. The molecule has 5 heteroatoms. The maximum atomic E-state index is 5.52. The molecule has 1 rings (SSSR count). The average molecular weight is 280 g/mol. The molecule has 0 saturated heterocycles. The predicted octanol–water partition coefficient (Wildman–Crippen LogP) is 2.57. The number of hydrogen-bond acceptors (Lipinski definition) is 3. The van der Waals surface area contributed by atoms with Crippen LogP contribution in [0.3, 0.4) is 0 Å². The Hall–Kier alpha value is -1.59. The molecule has 0 amide bonds. The van der Waals surface area contributed by atoms with E-state index in [2.05, 4.69) is 17.2 Å². The summed E-state index contributed by atoms with van der Waals surface area (Å²) >= 11 is 5.12. The van der Waals surface area contributed by atoms with Crippen LogP contribution in [0.15, 0.2) is 36.9 Å². The van der Waals surface area contributed by atoms with Gasteiger partial charge in [0.2, 0.25) is 0 Å². The van der Waals surface area contributed by atoms with Gasteiger partial charge in [-0.3, -0.25) is 0 Å². The fraction of sp³-hybridized carbons (Fsp3) is 0.357. The Morgan fingerprint density at radius 3 is 2.68 bits per heavy atom. The Labute approximate surface area is 119 Å². The lowest BCUT2D eigenvalue weighted by Gasteiger charge is -2.10. The number of rotatable bonds is 8. The summed E-state index contributed by atoms with van der Waals surface area (Å²) in [7, 11) is 0. The number of nitrogens with one attached hydrogen (secondary N) is 2. The molecule has 0 aliphatic rings. The van der Waals surface area contributed by atoms with Crippen LogP contribution in [0.4, 0.5) is 5.69 Å². The van der Waals surface area contributed by atoms with Gasteiger partial charge in [-0.15, -0.1) is 6.58 Å². The Morgan fingerprint density at radius 1 is 1.32 bits per heavy atom. The van der Waals surface area contributed by atoms with E-state index in [-0.39, 0.29) is 0 Å². The molecule has 0 heterocycles. The number of benzene rings is 1. The summed E-state index contributed by atoms with van der Waals surface area (Å²) in [6.45, 7) is 8.09. The van der Waals surface area contributed by atoms with E-state index in [1.54, 1.807) is 6.08 Å². The Kier molecular flexibility index (Phi) is 7.62. The van der Waals surface area contributed by atoms with Crippen LogP contribution in [0.5, 0.6) is 5.75 Å². The normalized spacial score (nSPS) is 9.74. The first-order valence-electron chi connectivity index (χ1n) is 6.22. The summed E-state index contributed by atoms with van der Waals surface area (Å²) in [5.74, 6) is 0.815. The molecule has 1 aromatic rings. The minimum absolute atomic E-state index is 0.555. The van der Waals surface area contributed by atoms with E-state index >= 15 is 0 Å². The second kappa shape index (κ2) is 9.35. The van der Waals surface area contributed by atoms with Crippen molar-refractivity contribution >= 4 is 23.0 Å². The SMILES string of the molecule is C=CCNC(=S)Nc1ccc(OCCOCC)cc1. The van der Waals surface area contributed by atoms with Gasteiger partial charge in [-0.1, -0.05) is 6.08 Å². The summed E-state index contributed by atoms with van der Waals surface area (Å²) in [4.78, 5) is 0. The molecule has 0 aromatic heterocycles. The monoisotopic (exact) mass is 280 g/mol. The van der Waals surface area contributed by atoms with E-state index in [0.29, 0.717) is 31.5 Å². The van der Waals surface area contributed by atoms with Crippen molar-refractivity contribution in [3.63, 3.8) is 0 Å². The van der Waals surface area contributed by atoms with E-state index in [0.717, 1.165) is 11.4 Å². The van der Waals surface area contributed by atoms with Gasteiger partial charge in [0.05, 0.1) is 6.61 Å². The Morgan fingerprint density at radius 2 is 2.05 bits per heavy atom. The smallest absolute Gasteiger partial charge is 0.171 e. The molecule has 0 spiro atoms. The minimum atomic E-state index is 0.555. The molecule has 4 nitrogen and oxygen atoms in total. The number of anilines is 1. The molecule has 0 radical (unpaired) electrons. The molecule has 0 fully saturated rings. The van der Waals surface area contributed by atoms with Gasteiger partial charge in [0, 0.05) is 18.8 Å². The average Bonchev–Trinajstić information content (AvgIpc) is 2.43. The highest BCUT2D eigenvalue weighted by molar-refractivity contribution is 7.80. The summed E-state index contributed by atoms with van der Waals surface area (Å²) in [5, 5.41) is 6.64. The fourth-order valence-corrected chi connectivity index (χ4v) is 1.54. The molecule has 0 saturated carbocycles. The number of hydrogen-bond donors (Lipinski definition) is 2. The van der Waals surface area contributed by atoms with E-state index in [9.17, 15) is 0 Å². The largest absolute Gasteiger partial charge is 0.491 e. The highest BCUT2D eigenvalue weighted by Gasteiger charge is 1.98. The van der Waals surface area contributed by atoms with Crippen LogP contribution in [0.2, 0.25) is 0 Å². The van der Waals surface area contributed by atoms with Gasteiger partial charge >= 0.3 is 0 Å². The van der Waals surface area contributed by atoms with Gasteiger partial charge in [0.25, 0.3) is 0 Å². The molecule has 19 heavy (non-hydrogen) atoms. The topological polar surface area (TPSA) is 42.5 Å². The molecule has 0 aliphatic carbocycles. The van der Waals surface area contributed by atoms with E-state index < -0.39 is 0 Å². The molecular formula is C14H20N2O2S. The van der Waals surface area contributed by atoms with Gasteiger partial charge in [-0.05, 0) is 43.4 Å². The van der Waals surface area contributed by atoms with Crippen molar-refractivity contribution in [3.8, 4) is 5.75 Å². The lowest BCUT2D eigenvalue weighted by Crippen LogP contribution is -2.28. The van der Waals surface area contributed by atoms with E-state index in [4.69, 9.17) is 21.7 Å². The summed E-state index contributed by atoms with van der Waals surface area (Å²) in [6, 6.07) is 7.62. The van der Waals surface area contributed by atoms with E-state index in [1.165, 1.54) is 0 Å². The van der Waals surface area contributed by atoms with E-state index in [1.807, 2.05) is 31.2 Å². The highest BCUT2D eigenvalue weighted by Crippen LogP contribution is 2.15. The Bertz CT molecular complexity index is 393. The van der Waals surface area contributed by atoms with Crippen molar-refractivity contribution in [2.24, 2.45) is 0 Å². The molecule has 0 unspecified atom stereocenters. The third-order valence-electron chi connectivity index (χ3n) is 2.22. The molecule has 104 valence electrons. The van der Waals surface area contributed by atoms with Gasteiger partial charge < -0.3 is 20.1 Å². The molecule has 0 bridgehead atoms. The van der Waals surface area contributed by atoms with Crippen molar-refractivity contribution < 1.29 is 9.47 Å². The van der Waals surface area contributed by atoms with Crippen LogP contribution < -0.4 is 15.4 Å². The lowest BCUT2D eigenvalue weighted by atomic mass is 10.3. The zero-order chi connectivity index (χ0) is 13.9. The van der Waals surface area contributed by atoms with Gasteiger partial charge in [-0.2, -0.15) is 0 Å². The van der Waals surface area contributed by atoms with Crippen LogP contribution in [0.25, 0.3) is 0 Å². The molecule has 0 aliphatic heterocycles. The molecule has 2 N–H and O–H groups in total. The predicted molar refractivity (Wildman–Crippen MR) is 82.9 cm³/mol. The maximum absolute atomic E-state index is 5.52. The number of ether oxygens (including phenoxy) is 2. The zero-order valence-electron chi connectivity index (χ0n) is 11.1. The maximum Gasteiger partial charge on any atom is 0.171 e. The fourth-order valence-electron chi connectivity index (χ4n) is 1.34. The van der Waals surface area contributed by atoms with Crippen LogP contribution in [0, 0.1) is 0 Å². The first-order valence-corrected chi connectivity index (χ1v) is 6.63. The highest BCUT2D eigenvalue weighted by atomic mass is 32.1. The second-order valence-corrected chi connectivity index (χ2v) is 4.10. The summed E-state index contributed by atoms with van der Waals surface area (Å²) in [6.07, 6.45) is 1.75. The molecular weight excluding hydrogens is 260 g/mol. The zero-order valence-corrected chi connectivity index (χ0v) is 12.0. The van der Waals surface area contributed by atoms with Crippen molar-refractivity contribution in [3.05, 3.63) is 36.9 Å². The van der Waals surface area contributed by atoms with Crippen LogP contribution >= 0.6 is 12.2 Å². The molecule has 0 atom stereocenters. The number of thiocarbonyl (C=S) groups is 1. The third kappa shape index (κ3) is 6.79. The summed E-state index contributed by atoms with van der Waals surface area (Å²) in [5.41, 5.74) is 0.915. The summed E-state index contributed by atoms with van der Waals surface area (Å²) < 4.78 is 10.7.